The Morgan fingerprint density at radius 1 is 1.58 bits per heavy atom. The molecule has 0 aliphatic heterocycles. The van der Waals surface area contributed by atoms with Gasteiger partial charge in [0.2, 0.25) is 5.91 Å². The molecule has 0 atom stereocenters. The van der Waals surface area contributed by atoms with Crippen LogP contribution < -0.4 is 11.1 Å². The van der Waals surface area contributed by atoms with Crippen LogP contribution >= 0.6 is 11.3 Å². The van der Waals surface area contributed by atoms with Gasteiger partial charge in [-0.15, -0.1) is 11.3 Å². The van der Waals surface area contributed by atoms with Crippen molar-refractivity contribution in [3.63, 3.8) is 0 Å². The van der Waals surface area contributed by atoms with Gasteiger partial charge in [0.05, 0.1) is 25.1 Å². The Hall–Kier alpha value is -1.35. The van der Waals surface area contributed by atoms with Crippen LogP contribution in [-0.2, 0) is 16.1 Å². The van der Waals surface area contributed by atoms with Gasteiger partial charge in [0, 0.05) is 22.9 Å². The van der Waals surface area contributed by atoms with E-state index in [0.29, 0.717) is 19.5 Å². The fourth-order valence-electron chi connectivity index (χ4n) is 1.40. The minimum Gasteiger partial charge on any atom is -0.378 e. The normalized spacial score (nSPS) is 10.7. The Morgan fingerprint density at radius 3 is 2.95 bits per heavy atom. The quantitative estimate of drug-likeness (QED) is 0.803. The third kappa shape index (κ3) is 5.88. The molecule has 0 radical (unpaired) electrons. The lowest BCUT2D eigenvalue weighted by Gasteiger charge is -2.21. The molecule has 0 unspecified atom stereocenters. The van der Waals surface area contributed by atoms with E-state index in [2.05, 4.69) is 17.2 Å². The van der Waals surface area contributed by atoms with Crippen LogP contribution in [0.1, 0.15) is 30.7 Å². The molecule has 0 aliphatic carbocycles. The summed E-state index contributed by atoms with van der Waals surface area (Å²) >= 11 is 1.58. The Balaban J connectivity index is 2.44. The summed E-state index contributed by atoms with van der Waals surface area (Å²) in [6.07, 6.45) is 0.342. The van der Waals surface area contributed by atoms with E-state index >= 15 is 0 Å². The lowest BCUT2D eigenvalue weighted by Crippen LogP contribution is -2.33. The van der Waals surface area contributed by atoms with Crippen molar-refractivity contribution >= 4 is 17.2 Å². The van der Waals surface area contributed by atoms with Crippen molar-refractivity contribution < 1.29 is 9.53 Å². The van der Waals surface area contributed by atoms with E-state index in [1.807, 2.05) is 25.3 Å². The van der Waals surface area contributed by atoms with Gasteiger partial charge in [-0.2, -0.15) is 0 Å². The Morgan fingerprint density at radius 2 is 2.32 bits per heavy atom. The number of nitrogens with one attached hydrogen (secondary N) is 1. The SMILES string of the molecule is COC(C)(C)CC(=O)NCc1cc(C#CCN)cs1. The van der Waals surface area contributed by atoms with E-state index in [1.165, 1.54) is 0 Å². The van der Waals surface area contributed by atoms with E-state index in [9.17, 15) is 4.79 Å². The molecule has 5 heteroatoms. The van der Waals surface area contributed by atoms with Gasteiger partial charge in [0.25, 0.3) is 0 Å². The third-order valence-electron chi connectivity index (χ3n) is 2.59. The van der Waals surface area contributed by atoms with E-state index < -0.39 is 5.60 Å². The number of methoxy groups -OCH3 is 1. The zero-order valence-corrected chi connectivity index (χ0v) is 12.4. The number of amides is 1. The average Bonchev–Trinajstić information content (AvgIpc) is 2.81. The summed E-state index contributed by atoms with van der Waals surface area (Å²) < 4.78 is 5.22. The van der Waals surface area contributed by atoms with Crippen molar-refractivity contribution in [3.05, 3.63) is 21.9 Å². The Bertz CT molecular complexity index is 483. The average molecular weight is 280 g/mol. The molecule has 0 bridgehead atoms. The number of hydrogen-bond acceptors (Lipinski definition) is 4. The van der Waals surface area contributed by atoms with Crippen molar-refractivity contribution in [2.24, 2.45) is 5.73 Å². The molecule has 3 N–H and O–H groups in total. The molecule has 1 aromatic rings. The van der Waals surface area contributed by atoms with Gasteiger partial charge in [0.1, 0.15) is 0 Å². The van der Waals surface area contributed by atoms with Crippen molar-refractivity contribution in [2.75, 3.05) is 13.7 Å². The molecular weight excluding hydrogens is 260 g/mol. The number of carbonyl (C=O) groups is 1. The maximum Gasteiger partial charge on any atom is 0.223 e. The van der Waals surface area contributed by atoms with Gasteiger partial charge in [-0.1, -0.05) is 11.8 Å². The monoisotopic (exact) mass is 280 g/mol. The second-order valence-corrected chi connectivity index (χ2v) is 5.72. The molecule has 1 aromatic heterocycles. The maximum absolute atomic E-state index is 11.7. The summed E-state index contributed by atoms with van der Waals surface area (Å²) in [4.78, 5) is 12.8. The van der Waals surface area contributed by atoms with E-state index in [0.717, 1.165) is 10.4 Å². The number of rotatable bonds is 5. The molecule has 1 amide bonds. The second kappa shape index (κ2) is 7.29. The third-order valence-corrected chi connectivity index (χ3v) is 3.52. The zero-order valence-electron chi connectivity index (χ0n) is 11.6. The smallest absolute Gasteiger partial charge is 0.223 e. The standard InChI is InChI=1S/C14H20N2O2S/c1-14(2,18-3)8-13(17)16-9-12-7-11(10-19-12)5-4-6-15/h7,10H,6,8-9,15H2,1-3H3,(H,16,17). The summed E-state index contributed by atoms with van der Waals surface area (Å²) in [5, 5.41) is 4.84. The topological polar surface area (TPSA) is 64.3 Å². The van der Waals surface area contributed by atoms with E-state index in [4.69, 9.17) is 10.5 Å². The Labute approximate surface area is 118 Å². The summed E-state index contributed by atoms with van der Waals surface area (Å²) in [5.41, 5.74) is 5.82. The molecule has 104 valence electrons. The molecule has 1 heterocycles. The van der Waals surface area contributed by atoms with E-state index in [1.54, 1.807) is 18.4 Å². The van der Waals surface area contributed by atoms with Crippen molar-refractivity contribution in [2.45, 2.75) is 32.4 Å². The first kappa shape index (κ1) is 15.7. The van der Waals surface area contributed by atoms with Crippen LogP contribution in [0, 0.1) is 11.8 Å². The number of ether oxygens (including phenoxy) is 1. The summed E-state index contributed by atoms with van der Waals surface area (Å²) in [6.45, 7) is 4.65. The van der Waals surface area contributed by atoms with Crippen LogP contribution in [-0.4, -0.2) is 25.2 Å². The number of carbonyl (C=O) groups excluding carboxylic acids is 1. The van der Waals surface area contributed by atoms with Crippen LogP contribution in [0.4, 0.5) is 0 Å². The first-order chi connectivity index (χ1) is 8.96. The Kier molecular flexibility index (Phi) is 6.03. The molecule has 1 rings (SSSR count). The lowest BCUT2D eigenvalue weighted by atomic mass is 10.1. The molecule has 0 aromatic carbocycles. The minimum absolute atomic E-state index is 0.0187. The lowest BCUT2D eigenvalue weighted by molar-refractivity contribution is -0.126. The van der Waals surface area contributed by atoms with Crippen LogP contribution in [0.15, 0.2) is 11.4 Å². The van der Waals surface area contributed by atoms with Crippen molar-refractivity contribution in [3.8, 4) is 11.8 Å². The highest BCUT2D eigenvalue weighted by atomic mass is 32.1. The summed E-state index contributed by atoms with van der Waals surface area (Å²) in [5.74, 6) is 5.75. The van der Waals surface area contributed by atoms with Crippen LogP contribution in [0.2, 0.25) is 0 Å². The maximum atomic E-state index is 11.7. The van der Waals surface area contributed by atoms with Gasteiger partial charge >= 0.3 is 0 Å². The van der Waals surface area contributed by atoms with E-state index in [-0.39, 0.29) is 5.91 Å². The molecule has 0 saturated carbocycles. The summed E-state index contributed by atoms with van der Waals surface area (Å²) in [6, 6.07) is 1.97. The first-order valence-corrected chi connectivity index (χ1v) is 6.93. The van der Waals surface area contributed by atoms with Crippen LogP contribution in [0.3, 0.4) is 0 Å². The molecule has 4 nitrogen and oxygen atoms in total. The highest BCUT2D eigenvalue weighted by Crippen LogP contribution is 2.15. The van der Waals surface area contributed by atoms with Gasteiger partial charge in [-0.3, -0.25) is 4.79 Å². The fourth-order valence-corrected chi connectivity index (χ4v) is 2.15. The van der Waals surface area contributed by atoms with Crippen molar-refractivity contribution in [1.82, 2.24) is 5.32 Å². The van der Waals surface area contributed by atoms with Gasteiger partial charge in [-0.25, -0.2) is 0 Å². The van der Waals surface area contributed by atoms with Crippen LogP contribution in [0.25, 0.3) is 0 Å². The second-order valence-electron chi connectivity index (χ2n) is 4.72. The van der Waals surface area contributed by atoms with Gasteiger partial charge in [-0.05, 0) is 19.9 Å². The van der Waals surface area contributed by atoms with Gasteiger partial charge in [0.15, 0.2) is 0 Å². The van der Waals surface area contributed by atoms with Crippen molar-refractivity contribution in [1.29, 1.82) is 0 Å². The molecule has 0 saturated heterocycles. The highest BCUT2D eigenvalue weighted by Gasteiger charge is 2.20. The number of hydrogen-bond donors (Lipinski definition) is 2. The first-order valence-electron chi connectivity index (χ1n) is 6.05. The molecule has 0 spiro atoms. The summed E-state index contributed by atoms with van der Waals surface area (Å²) in [7, 11) is 1.61. The number of thiophene rings is 1. The fraction of sp³-hybridized carbons (Fsp3) is 0.500. The molecule has 0 fully saturated rings. The molecule has 0 aliphatic rings. The minimum atomic E-state index is -0.433. The number of nitrogens with two attached hydrogens (primary N) is 1. The molecular formula is C14H20N2O2S. The molecule has 19 heavy (non-hydrogen) atoms. The van der Waals surface area contributed by atoms with Crippen LogP contribution in [0.5, 0.6) is 0 Å². The highest BCUT2D eigenvalue weighted by molar-refractivity contribution is 7.10. The largest absolute Gasteiger partial charge is 0.378 e. The predicted molar refractivity (Wildman–Crippen MR) is 77.8 cm³/mol. The zero-order chi connectivity index (χ0) is 14.3. The van der Waals surface area contributed by atoms with Gasteiger partial charge < -0.3 is 15.8 Å². The predicted octanol–water partition coefficient (Wildman–Crippen LogP) is 1.49.